The highest BCUT2D eigenvalue weighted by atomic mass is 32.2. The monoisotopic (exact) mass is 368 g/mol. The van der Waals surface area contributed by atoms with Crippen LogP contribution in [0, 0.1) is 5.92 Å². The molecule has 2 saturated heterocycles. The average Bonchev–Trinajstić information content (AvgIpc) is 3.15. The molecular weight excluding hydrogens is 344 g/mol. The Labute approximate surface area is 147 Å². The molecule has 0 saturated carbocycles. The predicted molar refractivity (Wildman–Crippen MR) is 91.7 cm³/mol. The quantitative estimate of drug-likeness (QED) is 0.749. The largest absolute Gasteiger partial charge is 0.335 e. The molecule has 0 bridgehead atoms. The second-order valence-electron chi connectivity index (χ2n) is 6.98. The summed E-state index contributed by atoms with van der Waals surface area (Å²) in [5, 5.41) is 4.12. The van der Waals surface area contributed by atoms with Gasteiger partial charge in [-0.05, 0) is 6.92 Å². The van der Waals surface area contributed by atoms with Gasteiger partial charge in [0.25, 0.3) is 5.91 Å². The van der Waals surface area contributed by atoms with E-state index in [1.54, 1.807) is 34.5 Å². The first-order valence-corrected chi connectivity index (χ1v) is 10.4. The standard InChI is InChI=1S/C16H24N4O4S/c1-4-18-8-12(7-17-18)16(22)20-6-5-19(15(21)11(2)3)13-9-25(23,24)10-14(13)20/h7-8,11,13-14H,4-6,9-10H2,1-3H3/t13-,14+/m1/s1. The molecule has 0 unspecified atom stereocenters. The first kappa shape index (κ1) is 17.9. The Bertz CT molecular complexity index is 786. The molecule has 9 heteroatoms. The van der Waals surface area contributed by atoms with Crippen molar-refractivity contribution in [1.82, 2.24) is 19.6 Å². The van der Waals surface area contributed by atoms with Crippen molar-refractivity contribution in [2.45, 2.75) is 39.4 Å². The van der Waals surface area contributed by atoms with Crippen LogP contribution in [0.15, 0.2) is 12.4 Å². The highest BCUT2D eigenvalue weighted by molar-refractivity contribution is 7.91. The number of fused-ring (bicyclic) bond motifs is 1. The van der Waals surface area contributed by atoms with E-state index in [1.165, 1.54) is 6.20 Å². The van der Waals surface area contributed by atoms with Crippen molar-refractivity contribution in [1.29, 1.82) is 0 Å². The van der Waals surface area contributed by atoms with E-state index in [2.05, 4.69) is 5.10 Å². The third-order valence-electron chi connectivity index (χ3n) is 4.92. The zero-order chi connectivity index (χ0) is 18.4. The number of piperazine rings is 1. The van der Waals surface area contributed by atoms with E-state index in [1.807, 2.05) is 6.92 Å². The molecule has 2 aliphatic rings. The van der Waals surface area contributed by atoms with Gasteiger partial charge in [-0.25, -0.2) is 8.42 Å². The molecule has 1 aromatic heterocycles. The number of sulfone groups is 1. The van der Waals surface area contributed by atoms with Crippen LogP contribution in [0.3, 0.4) is 0 Å². The van der Waals surface area contributed by atoms with Gasteiger partial charge in [-0.1, -0.05) is 13.8 Å². The molecule has 0 spiro atoms. The number of amides is 2. The zero-order valence-electron chi connectivity index (χ0n) is 14.8. The maximum absolute atomic E-state index is 12.9. The molecule has 2 fully saturated rings. The highest BCUT2D eigenvalue weighted by Crippen LogP contribution is 2.29. The number of hydrogen-bond donors (Lipinski definition) is 0. The van der Waals surface area contributed by atoms with Crippen molar-refractivity contribution in [3.8, 4) is 0 Å². The second-order valence-corrected chi connectivity index (χ2v) is 9.13. The number of hydrogen-bond acceptors (Lipinski definition) is 5. The molecule has 1 aromatic rings. The van der Waals surface area contributed by atoms with Gasteiger partial charge in [0.1, 0.15) is 0 Å². The second kappa shape index (κ2) is 6.44. The van der Waals surface area contributed by atoms with Crippen molar-refractivity contribution in [2.24, 2.45) is 5.92 Å². The Morgan fingerprint density at radius 3 is 2.36 bits per heavy atom. The van der Waals surface area contributed by atoms with Crippen molar-refractivity contribution in [3.05, 3.63) is 18.0 Å². The van der Waals surface area contributed by atoms with E-state index in [9.17, 15) is 18.0 Å². The number of aryl methyl sites for hydroxylation is 1. The smallest absolute Gasteiger partial charge is 0.257 e. The fraction of sp³-hybridized carbons (Fsp3) is 0.688. The van der Waals surface area contributed by atoms with E-state index >= 15 is 0 Å². The first-order valence-electron chi connectivity index (χ1n) is 8.58. The maximum atomic E-state index is 12.9. The number of rotatable bonds is 3. The predicted octanol–water partition coefficient (Wildman–Crippen LogP) is 0.00900. The van der Waals surface area contributed by atoms with E-state index in [-0.39, 0.29) is 29.2 Å². The molecule has 25 heavy (non-hydrogen) atoms. The lowest BCUT2D eigenvalue weighted by Crippen LogP contribution is -2.62. The van der Waals surface area contributed by atoms with Gasteiger partial charge >= 0.3 is 0 Å². The lowest BCUT2D eigenvalue weighted by Gasteiger charge is -2.44. The summed E-state index contributed by atoms with van der Waals surface area (Å²) in [6, 6.07) is -0.947. The number of carbonyl (C=O) groups is 2. The van der Waals surface area contributed by atoms with Crippen LogP contribution in [-0.4, -0.2) is 76.5 Å². The third-order valence-corrected chi connectivity index (χ3v) is 6.62. The van der Waals surface area contributed by atoms with Gasteiger partial charge in [0.15, 0.2) is 9.84 Å². The van der Waals surface area contributed by atoms with E-state index in [0.29, 0.717) is 25.2 Å². The van der Waals surface area contributed by atoms with Crippen molar-refractivity contribution < 1.29 is 18.0 Å². The zero-order valence-corrected chi connectivity index (χ0v) is 15.6. The number of nitrogens with zero attached hydrogens (tertiary/aromatic N) is 4. The molecule has 0 radical (unpaired) electrons. The van der Waals surface area contributed by atoms with E-state index in [4.69, 9.17) is 0 Å². The molecule has 3 rings (SSSR count). The molecule has 8 nitrogen and oxygen atoms in total. The summed E-state index contributed by atoms with van der Waals surface area (Å²) < 4.78 is 26.1. The van der Waals surface area contributed by atoms with Crippen LogP contribution in [0.5, 0.6) is 0 Å². The Kier molecular flexibility index (Phi) is 4.61. The Balaban J connectivity index is 1.88. The van der Waals surface area contributed by atoms with Crippen LogP contribution < -0.4 is 0 Å². The van der Waals surface area contributed by atoms with Gasteiger partial charge in [-0.15, -0.1) is 0 Å². The Hall–Kier alpha value is -1.90. The van der Waals surface area contributed by atoms with E-state index < -0.39 is 21.9 Å². The topological polar surface area (TPSA) is 92.6 Å². The van der Waals surface area contributed by atoms with Gasteiger partial charge < -0.3 is 9.80 Å². The minimum Gasteiger partial charge on any atom is -0.335 e. The summed E-state index contributed by atoms with van der Waals surface area (Å²) in [5.74, 6) is -0.642. The van der Waals surface area contributed by atoms with Crippen molar-refractivity contribution in [2.75, 3.05) is 24.6 Å². The molecule has 138 valence electrons. The number of carbonyl (C=O) groups excluding carboxylic acids is 2. The van der Waals surface area contributed by atoms with Crippen molar-refractivity contribution >= 4 is 21.7 Å². The van der Waals surface area contributed by atoms with Gasteiger partial charge in [0.2, 0.25) is 5.91 Å². The molecule has 2 amide bonds. The van der Waals surface area contributed by atoms with Crippen LogP contribution in [0.1, 0.15) is 31.1 Å². The molecular formula is C16H24N4O4S. The molecule has 0 aliphatic carbocycles. The summed E-state index contributed by atoms with van der Waals surface area (Å²) in [5.41, 5.74) is 0.452. The summed E-state index contributed by atoms with van der Waals surface area (Å²) >= 11 is 0. The minimum absolute atomic E-state index is 0.0574. The third kappa shape index (κ3) is 3.29. The number of aromatic nitrogens is 2. The van der Waals surface area contributed by atoms with E-state index in [0.717, 1.165) is 0 Å². The molecule has 3 heterocycles. The normalized spacial score (nSPS) is 25.3. The van der Waals surface area contributed by atoms with Crippen LogP contribution in [0.4, 0.5) is 0 Å². The fourth-order valence-corrected chi connectivity index (χ4v) is 5.60. The lowest BCUT2D eigenvalue weighted by atomic mass is 10.0. The Morgan fingerprint density at radius 2 is 1.80 bits per heavy atom. The molecule has 0 N–H and O–H groups in total. The average molecular weight is 368 g/mol. The molecule has 2 aliphatic heterocycles. The van der Waals surface area contributed by atoms with Crippen LogP contribution in [0.25, 0.3) is 0 Å². The molecule has 2 atom stereocenters. The Morgan fingerprint density at radius 1 is 1.20 bits per heavy atom. The lowest BCUT2D eigenvalue weighted by molar-refractivity contribution is -0.139. The van der Waals surface area contributed by atoms with Gasteiger partial charge in [0, 0.05) is 31.7 Å². The van der Waals surface area contributed by atoms with Crippen LogP contribution >= 0.6 is 0 Å². The van der Waals surface area contributed by atoms with Gasteiger partial charge in [-0.2, -0.15) is 5.10 Å². The van der Waals surface area contributed by atoms with Gasteiger partial charge in [0.05, 0.1) is 35.3 Å². The van der Waals surface area contributed by atoms with Crippen LogP contribution in [-0.2, 0) is 21.2 Å². The fourth-order valence-electron chi connectivity index (χ4n) is 3.62. The molecule has 0 aromatic carbocycles. The maximum Gasteiger partial charge on any atom is 0.257 e. The van der Waals surface area contributed by atoms with Crippen LogP contribution in [0.2, 0.25) is 0 Å². The summed E-state index contributed by atoms with van der Waals surface area (Å²) in [4.78, 5) is 28.6. The highest BCUT2D eigenvalue weighted by Gasteiger charge is 2.49. The summed E-state index contributed by atoms with van der Waals surface area (Å²) in [6.07, 6.45) is 3.18. The minimum atomic E-state index is -3.28. The van der Waals surface area contributed by atoms with Crippen molar-refractivity contribution in [3.63, 3.8) is 0 Å². The SMILES string of the molecule is CCn1cc(C(=O)N2CCN(C(=O)C(C)C)[C@@H]3CS(=O)(=O)C[C@@H]32)cn1. The summed E-state index contributed by atoms with van der Waals surface area (Å²) in [6.45, 7) is 6.89. The first-order chi connectivity index (χ1) is 11.7. The summed E-state index contributed by atoms with van der Waals surface area (Å²) in [7, 11) is -3.28. The van der Waals surface area contributed by atoms with Gasteiger partial charge in [-0.3, -0.25) is 14.3 Å².